The van der Waals surface area contributed by atoms with Crippen LogP contribution >= 0.6 is 0 Å². The molecular formula is C10H8F5NO4S. The minimum Gasteiger partial charge on any atom is -0.480 e. The fourth-order valence-electron chi connectivity index (χ4n) is 1.32. The van der Waals surface area contributed by atoms with Crippen LogP contribution in [0.2, 0.25) is 0 Å². The van der Waals surface area contributed by atoms with E-state index in [0.29, 0.717) is 0 Å². The summed E-state index contributed by atoms with van der Waals surface area (Å²) >= 11 is 0. The molecule has 1 aromatic rings. The number of hydrogen-bond donors (Lipinski definition) is 2. The number of nitrogens with one attached hydrogen (secondary N) is 1. The van der Waals surface area contributed by atoms with Crippen LogP contribution in [0.25, 0.3) is 0 Å². The Morgan fingerprint density at radius 3 is 2.00 bits per heavy atom. The SMILES string of the molecule is CC(NS(=O)(=O)c1c(F)cc(C(F)(F)F)cc1F)C(=O)O. The third kappa shape index (κ3) is 3.88. The summed E-state index contributed by atoms with van der Waals surface area (Å²) in [6.45, 7) is 0.875. The zero-order chi connectivity index (χ0) is 16.6. The van der Waals surface area contributed by atoms with Gasteiger partial charge in [-0.25, -0.2) is 17.2 Å². The van der Waals surface area contributed by atoms with Gasteiger partial charge in [0.1, 0.15) is 17.7 Å². The number of hydrogen-bond acceptors (Lipinski definition) is 3. The maximum atomic E-state index is 13.5. The molecule has 0 aromatic heterocycles. The fraction of sp³-hybridized carbons (Fsp3) is 0.300. The third-order valence-electron chi connectivity index (χ3n) is 2.30. The van der Waals surface area contributed by atoms with Crippen molar-refractivity contribution in [1.82, 2.24) is 4.72 Å². The molecule has 1 aromatic carbocycles. The standard InChI is InChI=1S/C10H8F5NO4S/c1-4(9(17)18)16-21(19,20)8-6(11)2-5(3-7(8)12)10(13,14)15/h2-4,16H,1H3,(H,17,18). The van der Waals surface area contributed by atoms with Crippen LogP contribution in [-0.2, 0) is 21.0 Å². The maximum Gasteiger partial charge on any atom is 0.416 e. The Morgan fingerprint density at radius 2 is 1.67 bits per heavy atom. The number of rotatable bonds is 4. The maximum absolute atomic E-state index is 13.5. The van der Waals surface area contributed by atoms with E-state index in [1.54, 1.807) is 0 Å². The van der Waals surface area contributed by atoms with E-state index in [9.17, 15) is 35.2 Å². The van der Waals surface area contributed by atoms with E-state index >= 15 is 0 Å². The van der Waals surface area contributed by atoms with Crippen LogP contribution in [-0.4, -0.2) is 25.5 Å². The molecule has 0 heterocycles. The molecule has 11 heteroatoms. The number of sulfonamides is 1. The number of carboxylic acid groups (broad SMARTS) is 1. The van der Waals surface area contributed by atoms with Gasteiger partial charge in [-0.15, -0.1) is 0 Å². The first-order chi connectivity index (χ1) is 9.36. The molecule has 0 saturated heterocycles. The number of carbonyl (C=O) groups is 1. The van der Waals surface area contributed by atoms with Gasteiger partial charge in [0.05, 0.1) is 5.56 Å². The number of carboxylic acids is 1. The molecule has 1 atom stereocenters. The van der Waals surface area contributed by atoms with Crippen molar-refractivity contribution in [2.24, 2.45) is 0 Å². The Balaban J connectivity index is 3.35. The first-order valence-electron chi connectivity index (χ1n) is 5.17. The molecule has 2 N–H and O–H groups in total. The van der Waals surface area contributed by atoms with Crippen LogP contribution < -0.4 is 4.72 Å². The van der Waals surface area contributed by atoms with Gasteiger partial charge in [0.25, 0.3) is 0 Å². The van der Waals surface area contributed by atoms with E-state index in [0.717, 1.165) is 6.92 Å². The minimum absolute atomic E-state index is 0.191. The van der Waals surface area contributed by atoms with Crippen molar-refractivity contribution >= 4 is 16.0 Å². The summed E-state index contributed by atoms with van der Waals surface area (Å²) in [6, 6.07) is -2.11. The number of halogens is 5. The predicted octanol–water partition coefficient (Wildman–Crippen LogP) is 1.74. The van der Waals surface area contributed by atoms with Gasteiger partial charge in [-0.1, -0.05) is 0 Å². The summed E-state index contributed by atoms with van der Waals surface area (Å²) in [5.74, 6) is -5.59. The Labute approximate surface area is 115 Å². The molecule has 5 nitrogen and oxygen atoms in total. The number of alkyl halides is 3. The van der Waals surface area contributed by atoms with Gasteiger partial charge in [-0.05, 0) is 19.1 Å². The van der Waals surface area contributed by atoms with Crippen molar-refractivity contribution < 1.29 is 40.3 Å². The van der Waals surface area contributed by atoms with Crippen LogP contribution in [0, 0.1) is 11.6 Å². The van der Waals surface area contributed by atoms with Gasteiger partial charge in [0.15, 0.2) is 4.90 Å². The largest absolute Gasteiger partial charge is 0.480 e. The molecule has 0 aliphatic heterocycles. The van der Waals surface area contributed by atoms with Crippen LogP contribution in [0.5, 0.6) is 0 Å². The second-order valence-corrected chi connectivity index (χ2v) is 5.60. The molecule has 118 valence electrons. The smallest absolute Gasteiger partial charge is 0.416 e. The van der Waals surface area contributed by atoms with Crippen molar-refractivity contribution in [1.29, 1.82) is 0 Å². The summed E-state index contributed by atoms with van der Waals surface area (Å²) in [5.41, 5.74) is -1.71. The zero-order valence-electron chi connectivity index (χ0n) is 10.2. The van der Waals surface area contributed by atoms with E-state index < -0.39 is 50.3 Å². The van der Waals surface area contributed by atoms with E-state index in [1.807, 2.05) is 0 Å². The first kappa shape index (κ1) is 17.3. The van der Waals surface area contributed by atoms with Crippen molar-refractivity contribution in [3.63, 3.8) is 0 Å². The Bertz CT molecular complexity index is 648. The Morgan fingerprint density at radius 1 is 1.24 bits per heavy atom. The minimum atomic E-state index is -5.06. The highest BCUT2D eigenvalue weighted by Crippen LogP contribution is 2.32. The molecule has 1 rings (SSSR count). The van der Waals surface area contributed by atoms with Crippen molar-refractivity contribution in [3.05, 3.63) is 29.3 Å². The van der Waals surface area contributed by atoms with Crippen LogP contribution in [0.15, 0.2) is 17.0 Å². The lowest BCUT2D eigenvalue weighted by atomic mass is 10.2. The lowest BCUT2D eigenvalue weighted by Crippen LogP contribution is -2.39. The van der Waals surface area contributed by atoms with E-state index in [1.165, 1.54) is 4.72 Å². The number of benzene rings is 1. The monoisotopic (exact) mass is 333 g/mol. The molecule has 1 unspecified atom stereocenters. The number of aliphatic carboxylic acids is 1. The van der Waals surface area contributed by atoms with Crippen molar-refractivity contribution in [3.8, 4) is 0 Å². The molecular weight excluding hydrogens is 325 g/mol. The van der Waals surface area contributed by atoms with Gasteiger partial charge in [-0.3, -0.25) is 4.79 Å². The molecule has 0 aliphatic rings. The summed E-state index contributed by atoms with van der Waals surface area (Å²) < 4.78 is 88.6. The predicted molar refractivity (Wildman–Crippen MR) is 58.8 cm³/mol. The van der Waals surface area contributed by atoms with Gasteiger partial charge in [0, 0.05) is 0 Å². The average Bonchev–Trinajstić information content (AvgIpc) is 2.25. The van der Waals surface area contributed by atoms with E-state index in [2.05, 4.69) is 0 Å². The van der Waals surface area contributed by atoms with Crippen molar-refractivity contribution in [2.45, 2.75) is 24.0 Å². The molecule has 0 radical (unpaired) electrons. The van der Waals surface area contributed by atoms with Gasteiger partial charge in [0.2, 0.25) is 10.0 Å². The van der Waals surface area contributed by atoms with Gasteiger partial charge >= 0.3 is 12.1 Å². The molecule has 21 heavy (non-hydrogen) atoms. The van der Waals surface area contributed by atoms with Crippen molar-refractivity contribution in [2.75, 3.05) is 0 Å². The quantitative estimate of drug-likeness (QED) is 0.822. The Hall–Kier alpha value is -1.75. The van der Waals surface area contributed by atoms with E-state index in [-0.39, 0.29) is 12.1 Å². The van der Waals surface area contributed by atoms with Gasteiger partial charge in [-0.2, -0.15) is 17.9 Å². The van der Waals surface area contributed by atoms with E-state index in [4.69, 9.17) is 5.11 Å². The first-order valence-corrected chi connectivity index (χ1v) is 6.66. The van der Waals surface area contributed by atoms with Gasteiger partial charge < -0.3 is 5.11 Å². The normalized spacial score (nSPS) is 14.0. The lowest BCUT2D eigenvalue weighted by molar-refractivity contribution is -0.139. The summed E-state index contributed by atoms with van der Waals surface area (Å²) in [6.07, 6.45) is -5.06. The molecule has 0 bridgehead atoms. The second-order valence-electron chi connectivity index (χ2n) is 3.95. The highest BCUT2D eigenvalue weighted by molar-refractivity contribution is 7.89. The van der Waals surface area contributed by atoms with Crippen LogP contribution in [0.3, 0.4) is 0 Å². The third-order valence-corrected chi connectivity index (χ3v) is 3.89. The Kier molecular flexibility index (Phi) is 4.58. The molecule has 0 aliphatic carbocycles. The highest BCUT2D eigenvalue weighted by Gasteiger charge is 2.35. The average molecular weight is 333 g/mol. The van der Waals surface area contributed by atoms with Crippen LogP contribution in [0.1, 0.15) is 12.5 Å². The second kappa shape index (κ2) is 5.56. The summed E-state index contributed by atoms with van der Waals surface area (Å²) in [7, 11) is -4.98. The topological polar surface area (TPSA) is 83.5 Å². The highest BCUT2D eigenvalue weighted by atomic mass is 32.2. The molecule has 0 saturated carbocycles. The lowest BCUT2D eigenvalue weighted by Gasteiger charge is -2.13. The van der Waals surface area contributed by atoms with Crippen LogP contribution in [0.4, 0.5) is 22.0 Å². The molecule has 0 fully saturated rings. The molecule has 0 amide bonds. The summed E-state index contributed by atoms with van der Waals surface area (Å²) in [5, 5.41) is 8.52. The molecule has 0 spiro atoms. The zero-order valence-corrected chi connectivity index (χ0v) is 11.0. The summed E-state index contributed by atoms with van der Waals surface area (Å²) in [4.78, 5) is 8.82. The fourth-order valence-corrected chi connectivity index (χ4v) is 2.64.